The van der Waals surface area contributed by atoms with Gasteiger partial charge in [0.1, 0.15) is 0 Å². The molecular weight excluding hydrogens is 386 g/mol. The summed E-state index contributed by atoms with van der Waals surface area (Å²) in [7, 11) is 0. The van der Waals surface area contributed by atoms with Gasteiger partial charge in [-0.15, -0.1) is 0 Å². The Kier molecular flexibility index (Phi) is 4.72. The fourth-order valence-corrected chi connectivity index (χ4v) is 3.88. The molecule has 0 saturated heterocycles. The summed E-state index contributed by atoms with van der Waals surface area (Å²) < 4.78 is 5.67. The first-order valence-corrected chi connectivity index (χ1v) is 9.35. The van der Waals surface area contributed by atoms with Crippen molar-refractivity contribution in [2.24, 2.45) is 0 Å². The van der Waals surface area contributed by atoms with Crippen molar-refractivity contribution in [3.63, 3.8) is 0 Å². The lowest BCUT2D eigenvalue weighted by Gasteiger charge is -2.27. The summed E-state index contributed by atoms with van der Waals surface area (Å²) in [5, 5.41) is 0. The highest BCUT2D eigenvalue weighted by atomic mass is 79.9. The van der Waals surface area contributed by atoms with E-state index in [2.05, 4.69) is 69.4 Å². The van der Waals surface area contributed by atoms with Gasteiger partial charge in [-0.25, -0.2) is 4.98 Å². The van der Waals surface area contributed by atoms with Crippen molar-refractivity contribution in [3.8, 4) is 11.3 Å². The molecule has 0 N–H and O–H groups in total. The van der Waals surface area contributed by atoms with Crippen molar-refractivity contribution in [2.75, 3.05) is 0 Å². The third kappa shape index (κ3) is 3.35. The first-order chi connectivity index (χ1) is 12.8. The lowest BCUT2D eigenvalue weighted by atomic mass is 9.88. The van der Waals surface area contributed by atoms with Gasteiger partial charge in [0.25, 0.3) is 0 Å². The molecule has 4 aromatic rings. The second kappa shape index (κ2) is 7.30. The van der Waals surface area contributed by atoms with Crippen LogP contribution in [0.25, 0.3) is 11.3 Å². The largest absolute Gasteiger partial charge is 0.441 e. The standard InChI is InChI=1S/C23H18BrNO/c24-23(19-12-6-2-7-13-19,20-14-8-3-9-15-20)16-22-25-17-21(26-22)18-10-4-1-5-11-18/h1-15,17H,16H2. The van der Waals surface area contributed by atoms with Crippen molar-refractivity contribution in [1.29, 1.82) is 0 Å². The number of alkyl halides is 1. The average Bonchev–Trinajstić information content (AvgIpc) is 3.18. The number of aromatic nitrogens is 1. The molecule has 0 bridgehead atoms. The van der Waals surface area contributed by atoms with E-state index in [0.29, 0.717) is 12.3 Å². The van der Waals surface area contributed by atoms with Crippen molar-refractivity contribution in [2.45, 2.75) is 10.7 Å². The van der Waals surface area contributed by atoms with Crippen LogP contribution in [0.3, 0.4) is 0 Å². The third-order valence-electron chi connectivity index (χ3n) is 4.47. The molecule has 0 atom stereocenters. The molecule has 0 unspecified atom stereocenters. The molecule has 4 rings (SSSR count). The lowest BCUT2D eigenvalue weighted by Crippen LogP contribution is -2.23. The molecule has 0 fully saturated rings. The second-order valence-corrected chi connectivity index (χ2v) is 7.55. The van der Waals surface area contributed by atoms with Gasteiger partial charge in [-0.1, -0.05) is 107 Å². The van der Waals surface area contributed by atoms with E-state index < -0.39 is 4.32 Å². The second-order valence-electron chi connectivity index (χ2n) is 6.19. The maximum atomic E-state index is 6.07. The highest BCUT2D eigenvalue weighted by Gasteiger charge is 2.33. The Labute approximate surface area is 161 Å². The molecule has 3 aromatic carbocycles. The Balaban J connectivity index is 1.72. The van der Waals surface area contributed by atoms with Crippen LogP contribution >= 0.6 is 15.9 Å². The van der Waals surface area contributed by atoms with Gasteiger partial charge >= 0.3 is 0 Å². The van der Waals surface area contributed by atoms with E-state index in [4.69, 9.17) is 4.42 Å². The fourth-order valence-electron chi connectivity index (χ4n) is 3.11. The van der Waals surface area contributed by atoms with Gasteiger partial charge in [-0.05, 0) is 11.1 Å². The Bertz CT molecular complexity index is 925. The van der Waals surface area contributed by atoms with E-state index in [-0.39, 0.29) is 0 Å². The average molecular weight is 404 g/mol. The topological polar surface area (TPSA) is 26.0 Å². The van der Waals surface area contributed by atoms with E-state index in [1.807, 2.05) is 42.5 Å². The number of nitrogens with zero attached hydrogens (tertiary/aromatic N) is 1. The zero-order chi connectivity index (χ0) is 17.8. The lowest BCUT2D eigenvalue weighted by molar-refractivity contribution is 0.486. The summed E-state index contributed by atoms with van der Waals surface area (Å²) in [6.45, 7) is 0. The van der Waals surface area contributed by atoms with Crippen LogP contribution in [0, 0.1) is 0 Å². The van der Waals surface area contributed by atoms with E-state index in [1.165, 1.54) is 11.1 Å². The SMILES string of the molecule is BrC(Cc1ncc(-c2ccccc2)o1)(c1ccccc1)c1ccccc1. The fraction of sp³-hybridized carbons (Fsp3) is 0.0870. The zero-order valence-corrected chi connectivity index (χ0v) is 15.8. The third-order valence-corrected chi connectivity index (χ3v) is 5.67. The number of benzene rings is 3. The summed E-state index contributed by atoms with van der Waals surface area (Å²) in [5.41, 5.74) is 3.38. The normalized spacial score (nSPS) is 11.4. The minimum Gasteiger partial charge on any atom is -0.441 e. The van der Waals surface area contributed by atoms with Crippen LogP contribution in [-0.4, -0.2) is 4.98 Å². The van der Waals surface area contributed by atoms with Crippen LogP contribution in [0.2, 0.25) is 0 Å². The summed E-state index contributed by atoms with van der Waals surface area (Å²) in [4.78, 5) is 4.53. The maximum Gasteiger partial charge on any atom is 0.196 e. The number of hydrogen-bond acceptors (Lipinski definition) is 2. The first-order valence-electron chi connectivity index (χ1n) is 8.56. The van der Waals surface area contributed by atoms with Gasteiger partial charge in [-0.2, -0.15) is 0 Å². The number of hydrogen-bond donors (Lipinski definition) is 0. The van der Waals surface area contributed by atoms with E-state index >= 15 is 0 Å². The summed E-state index contributed by atoms with van der Waals surface area (Å²) in [6.07, 6.45) is 2.42. The monoisotopic (exact) mass is 403 g/mol. The minimum atomic E-state index is -0.395. The van der Waals surface area contributed by atoms with Crippen LogP contribution in [0.5, 0.6) is 0 Å². The van der Waals surface area contributed by atoms with Gasteiger partial charge in [0.2, 0.25) is 0 Å². The molecule has 0 saturated carbocycles. The predicted octanol–water partition coefficient (Wildman–Crippen LogP) is 6.22. The van der Waals surface area contributed by atoms with E-state index in [0.717, 1.165) is 11.3 Å². The summed E-state index contributed by atoms with van der Waals surface area (Å²) in [6, 6.07) is 30.8. The molecule has 2 nitrogen and oxygen atoms in total. The van der Waals surface area contributed by atoms with Crippen LogP contribution in [0.4, 0.5) is 0 Å². The van der Waals surface area contributed by atoms with Crippen LogP contribution in [0.1, 0.15) is 17.0 Å². The van der Waals surface area contributed by atoms with Crippen molar-refractivity contribution in [1.82, 2.24) is 4.98 Å². The quantitative estimate of drug-likeness (QED) is 0.369. The van der Waals surface area contributed by atoms with Crippen molar-refractivity contribution in [3.05, 3.63) is 114 Å². The summed E-state index contributed by atoms with van der Waals surface area (Å²) >= 11 is 4.00. The van der Waals surface area contributed by atoms with E-state index in [9.17, 15) is 0 Å². The number of oxazole rings is 1. The molecular formula is C23H18BrNO. The molecule has 1 aromatic heterocycles. The summed E-state index contributed by atoms with van der Waals surface area (Å²) in [5.74, 6) is 1.49. The van der Waals surface area contributed by atoms with Crippen molar-refractivity contribution < 1.29 is 4.42 Å². The van der Waals surface area contributed by atoms with Crippen molar-refractivity contribution >= 4 is 15.9 Å². The zero-order valence-electron chi connectivity index (χ0n) is 14.2. The van der Waals surface area contributed by atoms with Gasteiger partial charge in [0, 0.05) is 12.0 Å². The highest BCUT2D eigenvalue weighted by Crippen LogP contribution is 2.41. The van der Waals surface area contributed by atoms with Crippen LogP contribution in [-0.2, 0) is 10.7 Å². The van der Waals surface area contributed by atoms with Gasteiger partial charge in [0.05, 0.1) is 10.5 Å². The van der Waals surface area contributed by atoms with Crippen LogP contribution in [0.15, 0.2) is 102 Å². The molecule has 0 spiro atoms. The van der Waals surface area contributed by atoms with Crippen LogP contribution < -0.4 is 0 Å². The highest BCUT2D eigenvalue weighted by molar-refractivity contribution is 9.09. The maximum absolute atomic E-state index is 6.07. The van der Waals surface area contributed by atoms with Gasteiger partial charge in [0.15, 0.2) is 11.7 Å². The molecule has 0 amide bonds. The Hall–Kier alpha value is -2.65. The number of halogens is 1. The Morgan fingerprint density at radius 3 is 1.77 bits per heavy atom. The van der Waals surface area contributed by atoms with E-state index in [1.54, 1.807) is 6.20 Å². The van der Waals surface area contributed by atoms with Gasteiger partial charge in [-0.3, -0.25) is 0 Å². The smallest absolute Gasteiger partial charge is 0.196 e. The minimum absolute atomic E-state index is 0.395. The Morgan fingerprint density at radius 2 is 1.23 bits per heavy atom. The molecule has 0 radical (unpaired) electrons. The molecule has 26 heavy (non-hydrogen) atoms. The molecule has 0 aliphatic carbocycles. The molecule has 128 valence electrons. The Morgan fingerprint density at radius 1 is 0.731 bits per heavy atom. The molecule has 3 heteroatoms. The first kappa shape index (κ1) is 16.8. The molecule has 0 aliphatic rings. The van der Waals surface area contributed by atoms with Gasteiger partial charge < -0.3 is 4.42 Å². The number of rotatable bonds is 5. The molecule has 0 aliphatic heterocycles. The predicted molar refractivity (Wildman–Crippen MR) is 108 cm³/mol. The molecule has 1 heterocycles.